The van der Waals surface area contributed by atoms with E-state index in [4.69, 9.17) is 0 Å². The van der Waals surface area contributed by atoms with Gasteiger partial charge >= 0.3 is 0 Å². The summed E-state index contributed by atoms with van der Waals surface area (Å²) in [7, 11) is 0. The minimum absolute atomic E-state index is 0.116. The first-order valence-corrected chi connectivity index (χ1v) is 3.82. The maximum Gasteiger partial charge on any atom is 0.268 e. The van der Waals surface area contributed by atoms with E-state index < -0.39 is 0 Å². The van der Waals surface area contributed by atoms with Gasteiger partial charge in [-0.05, 0) is 13.8 Å². The summed E-state index contributed by atoms with van der Waals surface area (Å²) in [6.07, 6.45) is 0.562. The van der Waals surface area contributed by atoms with Crippen LogP contribution in [-0.4, -0.2) is 16.1 Å². The van der Waals surface area contributed by atoms with Crippen molar-refractivity contribution in [1.82, 2.24) is 9.78 Å². The monoisotopic (exact) mass is 182 g/mol. The van der Waals surface area contributed by atoms with E-state index in [0.29, 0.717) is 17.4 Å². The third-order valence-corrected chi connectivity index (χ3v) is 1.96. The van der Waals surface area contributed by atoms with Crippen LogP contribution >= 0.6 is 0 Å². The van der Waals surface area contributed by atoms with Gasteiger partial charge in [0.15, 0.2) is 0 Å². The average Bonchev–Trinajstić information content (AvgIpc) is 2.11. The Labute approximate surface area is 74.0 Å². The molecule has 0 unspecified atom stereocenters. The normalized spacial score (nSPS) is 10.0. The van der Waals surface area contributed by atoms with Crippen LogP contribution in [0, 0.1) is 13.8 Å². The highest BCUT2D eigenvalue weighted by Crippen LogP contribution is 1.90. The van der Waals surface area contributed by atoms with E-state index in [9.17, 15) is 14.4 Å². The van der Waals surface area contributed by atoms with Gasteiger partial charge in [0.1, 0.15) is 6.29 Å². The van der Waals surface area contributed by atoms with Crippen molar-refractivity contribution in [2.45, 2.75) is 20.4 Å². The Balaban J connectivity index is 3.50. The summed E-state index contributed by atoms with van der Waals surface area (Å²) in [6.45, 7) is 3.02. The smallest absolute Gasteiger partial charge is 0.268 e. The van der Waals surface area contributed by atoms with Crippen molar-refractivity contribution < 1.29 is 4.79 Å². The first-order chi connectivity index (χ1) is 6.07. The predicted octanol–water partition coefficient (Wildman–Crippen LogP) is -0.648. The first kappa shape index (κ1) is 9.44. The molecule has 1 rings (SSSR count). The molecule has 0 amide bonds. The van der Waals surface area contributed by atoms with Crippen LogP contribution in [0.25, 0.3) is 0 Å². The maximum atomic E-state index is 11.4. The van der Waals surface area contributed by atoms with Crippen LogP contribution in [0.15, 0.2) is 9.59 Å². The summed E-state index contributed by atoms with van der Waals surface area (Å²) in [5, 5.41) is 2.30. The highest BCUT2D eigenvalue weighted by atomic mass is 16.2. The van der Waals surface area contributed by atoms with Crippen LogP contribution in [0.5, 0.6) is 0 Å². The number of hydrogen-bond acceptors (Lipinski definition) is 3. The second-order valence-electron chi connectivity index (χ2n) is 2.77. The molecule has 0 saturated heterocycles. The molecule has 0 saturated carbocycles. The number of nitrogens with one attached hydrogen (secondary N) is 1. The number of carbonyl (C=O) groups excluding carboxylic acids is 1. The fraction of sp³-hybridized carbons (Fsp3) is 0.375. The van der Waals surface area contributed by atoms with Gasteiger partial charge in [0.05, 0.1) is 6.54 Å². The lowest BCUT2D eigenvalue weighted by molar-refractivity contribution is -0.108. The summed E-state index contributed by atoms with van der Waals surface area (Å²) < 4.78 is 0.998. The molecule has 0 aliphatic carbocycles. The van der Waals surface area contributed by atoms with Crippen molar-refractivity contribution in [3.05, 3.63) is 31.8 Å². The van der Waals surface area contributed by atoms with Gasteiger partial charge in [-0.3, -0.25) is 14.7 Å². The number of carbonyl (C=O) groups is 1. The zero-order valence-electron chi connectivity index (χ0n) is 7.46. The van der Waals surface area contributed by atoms with Crippen LogP contribution in [0.1, 0.15) is 11.1 Å². The molecule has 0 bridgehead atoms. The highest BCUT2D eigenvalue weighted by Gasteiger charge is 2.05. The Morgan fingerprint density at radius 2 is 1.92 bits per heavy atom. The second-order valence-corrected chi connectivity index (χ2v) is 2.77. The van der Waals surface area contributed by atoms with Gasteiger partial charge in [-0.2, -0.15) is 0 Å². The van der Waals surface area contributed by atoms with Crippen LogP contribution < -0.4 is 11.1 Å². The van der Waals surface area contributed by atoms with E-state index in [1.54, 1.807) is 13.8 Å². The molecule has 0 fully saturated rings. The zero-order valence-corrected chi connectivity index (χ0v) is 7.46. The summed E-state index contributed by atoms with van der Waals surface area (Å²) in [5.41, 5.74) is 0.112. The third-order valence-electron chi connectivity index (χ3n) is 1.96. The number of hydrogen-bond donors (Lipinski definition) is 1. The number of rotatable bonds is 2. The van der Waals surface area contributed by atoms with Crippen molar-refractivity contribution in [2.75, 3.05) is 0 Å². The largest absolute Gasteiger partial charge is 0.301 e. The molecular weight excluding hydrogens is 172 g/mol. The summed E-state index contributed by atoms with van der Waals surface area (Å²) in [5.74, 6) is 0. The maximum absolute atomic E-state index is 11.4. The van der Waals surface area contributed by atoms with Gasteiger partial charge in [-0.15, -0.1) is 0 Å². The molecule has 0 aliphatic heterocycles. The Bertz CT molecular complexity index is 442. The van der Waals surface area contributed by atoms with E-state index in [0.717, 1.165) is 4.68 Å². The Morgan fingerprint density at radius 3 is 2.46 bits per heavy atom. The predicted molar refractivity (Wildman–Crippen MR) is 46.9 cm³/mol. The van der Waals surface area contributed by atoms with Crippen molar-refractivity contribution in [3.63, 3.8) is 0 Å². The van der Waals surface area contributed by atoms with Crippen LogP contribution in [0.4, 0.5) is 0 Å². The van der Waals surface area contributed by atoms with Gasteiger partial charge in [0.2, 0.25) is 0 Å². The number of H-pyrrole nitrogens is 1. The summed E-state index contributed by atoms with van der Waals surface area (Å²) >= 11 is 0. The summed E-state index contributed by atoms with van der Waals surface area (Å²) in [4.78, 5) is 32.7. The lowest BCUT2D eigenvalue weighted by Crippen LogP contribution is -2.33. The Hall–Kier alpha value is -1.65. The Kier molecular flexibility index (Phi) is 2.46. The SMILES string of the molecule is Cc1c(C)c(=O)n(CC=O)[nH]c1=O. The van der Waals surface area contributed by atoms with Crippen LogP contribution in [-0.2, 0) is 11.3 Å². The van der Waals surface area contributed by atoms with E-state index in [2.05, 4.69) is 5.10 Å². The zero-order chi connectivity index (χ0) is 10.0. The van der Waals surface area contributed by atoms with Crippen molar-refractivity contribution in [1.29, 1.82) is 0 Å². The van der Waals surface area contributed by atoms with E-state index in [-0.39, 0.29) is 17.7 Å². The molecule has 0 aromatic carbocycles. The highest BCUT2D eigenvalue weighted by molar-refractivity contribution is 5.48. The van der Waals surface area contributed by atoms with Gasteiger partial charge < -0.3 is 4.79 Å². The van der Waals surface area contributed by atoms with E-state index in [1.165, 1.54) is 0 Å². The first-order valence-electron chi connectivity index (χ1n) is 3.82. The molecule has 0 atom stereocenters. The van der Waals surface area contributed by atoms with Gasteiger partial charge in [0, 0.05) is 11.1 Å². The van der Waals surface area contributed by atoms with E-state index >= 15 is 0 Å². The lowest BCUT2D eigenvalue weighted by Gasteiger charge is -2.03. The molecule has 13 heavy (non-hydrogen) atoms. The average molecular weight is 182 g/mol. The standard InChI is InChI=1S/C8H10N2O3/c1-5-6(2)8(13)10(3-4-11)9-7(5)12/h4H,3H2,1-2H3,(H,9,12). The van der Waals surface area contributed by atoms with Crippen LogP contribution in [0.3, 0.4) is 0 Å². The molecule has 0 radical (unpaired) electrons. The molecule has 70 valence electrons. The molecule has 1 aromatic heterocycles. The fourth-order valence-corrected chi connectivity index (χ4v) is 0.993. The van der Waals surface area contributed by atoms with Crippen molar-refractivity contribution in [3.8, 4) is 0 Å². The van der Waals surface area contributed by atoms with Crippen molar-refractivity contribution >= 4 is 6.29 Å². The quantitative estimate of drug-likeness (QED) is 0.618. The van der Waals surface area contributed by atoms with Gasteiger partial charge in [-0.1, -0.05) is 0 Å². The fourth-order valence-electron chi connectivity index (χ4n) is 0.993. The minimum atomic E-state index is -0.334. The molecule has 0 aliphatic rings. The second kappa shape index (κ2) is 3.38. The number of aromatic amines is 1. The molecule has 0 spiro atoms. The van der Waals surface area contributed by atoms with Crippen molar-refractivity contribution in [2.24, 2.45) is 0 Å². The molecule has 5 nitrogen and oxygen atoms in total. The lowest BCUT2D eigenvalue weighted by atomic mass is 10.2. The summed E-state index contributed by atoms with van der Waals surface area (Å²) in [6, 6.07) is 0. The topological polar surface area (TPSA) is 71.9 Å². The molecule has 1 N–H and O–H groups in total. The van der Waals surface area contributed by atoms with Crippen LogP contribution in [0.2, 0.25) is 0 Å². The Morgan fingerprint density at radius 1 is 1.31 bits per heavy atom. The molecule has 1 heterocycles. The number of aromatic nitrogens is 2. The minimum Gasteiger partial charge on any atom is -0.301 e. The van der Waals surface area contributed by atoms with Gasteiger partial charge in [-0.25, -0.2) is 4.68 Å². The molecular formula is C8H10N2O3. The number of nitrogens with zero attached hydrogens (tertiary/aromatic N) is 1. The number of aldehydes is 1. The third kappa shape index (κ3) is 1.58. The van der Waals surface area contributed by atoms with Gasteiger partial charge in [0.25, 0.3) is 11.1 Å². The van der Waals surface area contributed by atoms with E-state index in [1.807, 2.05) is 0 Å². The molecule has 5 heteroatoms. The molecule has 1 aromatic rings.